The summed E-state index contributed by atoms with van der Waals surface area (Å²) in [6, 6.07) is 13.1. The number of rotatable bonds is 4. The van der Waals surface area contributed by atoms with Gasteiger partial charge in [0.1, 0.15) is 11.0 Å². The normalized spacial score (nSPS) is 10.4. The highest BCUT2D eigenvalue weighted by Crippen LogP contribution is 2.20. The minimum absolute atomic E-state index is 0.388. The molecule has 0 radical (unpaired) electrons. The fraction of sp³-hybridized carbons (Fsp3) is 0.0714. The molecular weight excluding hydrogens is 276 g/mol. The Bertz CT molecular complexity index is 686. The first-order chi connectivity index (χ1) is 9.81. The predicted octanol–water partition coefficient (Wildman–Crippen LogP) is 3.40. The summed E-state index contributed by atoms with van der Waals surface area (Å²) >= 11 is 6.03. The zero-order chi connectivity index (χ0) is 13.8. The van der Waals surface area contributed by atoms with E-state index < -0.39 is 0 Å². The zero-order valence-corrected chi connectivity index (χ0v) is 11.2. The summed E-state index contributed by atoms with van der Waals surface area (Å²) in [6.45, 7) is 0.488. The predicted molar refractivity (Wildman–Crippen MR) is 76.3 cm³/mol. The molecule has 100 valence electrons. The van der Waals surface area contributed by atoms with Crippen LogP contribution in [0.5, 0.6) is 0 Å². The number of nitrogens with zero attached hydrogens (tertiary/aromatic N) is 3. The van der Waals surface area contributed by atoms with Gasteiger partial charge >= 0.3 is 0 Å². The smallest absolute Gasteiger partial charge is 0.163 e. The van der Waals surface area contributed by atoms with Crippen molar-refractivity contribution in [3.8, 4) is 11.4 Å². The molecule has 0 saturated carbocycles. The van der Waals surface area contributed by atoms with Gasteiger partial charge in [-0.15, -0.1) is 0 Å². The monoisotopic (exact) mass is 286 g/mol. The molecule has 0 atom stereocenters. The Kier molecular flexibility index (Phi) is 3.60. The van der Waals surface area contributed by atoms with Gasteiger partial charge < -0.3 is 9.84 Å². The van der Waals surface area contributed by atoms with E-state index in [-0.39, 0.29) is 0 Å². The van der Waals surface area contributed by atoms with Gasteiger partial charge in [0, 0.05) is 17.7 Å². The largest absolute Gasteiger partial charge is 0.363 e. The van der Waals surface area contributed by atoms with E-state index in [1.807, 2.05) is 30.3 Å². The van der Waals surface area contributed by atoms with E-state index in [2.05, 4.69) is 20.4 Å². The molecule has 2 aromatic heterocycles. The average molecular weight is 287 g/mol. The van der Waals surface area contributed by atoms with Crippen LogP contribution in [0.2, 0.25) is 5.15 Å². The molecule has 3 aromatic rings. The van der Waals surface area contributed by atoms with E-state index in [9.17, 15) is 0 Å². The van der Waals surface area contributed by atoms with Gasteiger partial charge in [-0.25, -0.2) is 9.97 Å². The number of hydrogen-bond donors (Lipinski definition) is 1. The minimum Gasteiger partial charge on any atom is -0.363 e. The molecule has 1 N–H and O–H groups in total. The van der Waals surface area contributed by atoms with Crippen LogP contribution >= 0.6 is 11.6 Å². The molecule has 0 fully saturated rings. The lowest BCUT2D eigenvalue weighted by Crippen LogP contribution is -2.02. The summed E-state index contributed by atoms with van der Waals surface area (Å²) in [7, 11) is 0. The summed E-state index contributed by atoms with van der Waals surface area (Å²) < 4.78 is 5.01. The molecule has 0 aliphatic heterocycles. The fourth-order valence-electron chi connectivity index (χ4n) is 1.74. The number of halogens is 1. The molecule has 0 unspecified atom stereocenters. The average Bonchev–Trinajstić information content (AvgIpc) is 2.99. The van der Waals surface area contributed by atoms with Gasteiger partial charge in [0.05, 0.1) is 12.7 Å². The summed E-state index contributed by atoms with van der Waals surface area (Å²) in [6.07, 6.45) is 1.60. The van der Waals surface area contributed by atoms with Crippen molar-refractivity contribution in [3.63, 3.8) is 0 Å². The van der Waals surface area contributed by atoms with Crippen molar-refractivity contribution in [2.75, 3.05) is 5.32 Å². The van der Waals surface area contributed by atoms with Crippen molar-refractivity contribution >= 4 is 17.4 Å². The van der Waals surface area contributed by atoms with Crippen LogP contribution in [0.25, 0.3) is 11.4 Å². The number of nitrogens with one attached hydrogen (secondary N) is 1. The van der Waals surface area contributed by atoms with Crippen LogP contribution in [0.3, 0.4) is 0 Å². The molecule has 6 heteroatoms. The zero-order valence-electron chi connectivity index (χ0n) is 10.5. The highest BCUT2D eigenvalue weighted by molar-refractivity contribution is 6.29. The second-order valence-corrected chi connectivity index (χ2v) is 4.49. The van der Waals surface area contributed by atoms with E-state index in [1.54, 1.807) is 18.3 Å². The van der Waals surface area contributed by atoms with Gasteiger partial charge in [-0.2, -0.15) is 0 Å². The minimum atomic E-state index is 0.388. The summed E-state index contributed by atoms with van der Waals surface area (Å²) in [4.78, 5) is 8.66. The number of hydrogen-bond acceptors (Lipinski definition) is 5. The highest BCUT2D eigenvalue weighted by atomic mass is 35.5. The quantitative estimate of drug-likeness (QED) is 0.745. The first-order valence-corrected chi connectivity index (χ1v) is 6.42. The maximum absolute atomic E-state index is 6.03. The molecule has 0 aliphatic rings. The molecule has 0 amide bonds. The van der Waals surface area contributed by atoms with Crippen molar-refractivity contribution in [1.82, 2.24) is 15.1 Å². The third-order valence-electron chi connectivity index (χ3n) is 2.66. The van der Waals surface area contributed by atoms with E-state index in [0.29, 0.717) is 23.3 Å². The van der Waals surface area contributed by atoms with Gasteiger partial charge in [0.25, 0.3) is 0 Å². The van der Waals surface area contributed by atoms with Gasteiger partial charge in [0.15, 0.2) is 11.6 Å². The highest BCUT2D eigenvalue weighted by Gasteiger charge is 2.06. The Labute approximate surface area is 120 Å². The first-order valence-electron chi connectivity index (χ1n) is 6.05. The molecule has 0 bridgehead atoms. The molecule has 3 rings (SSSR count). The van der Waals surface area contributed by atoms with Crippen LogP contribution in [0.15, 0.2) is 53.2 Å². The van der Waals surface area contributed by atoms with E-state index in [4.69, 9.17) is 16.1 Å². The summed E-state index contributed by atoms with van der Waals surface area (Å²) in [5, 5.41) is 7.16. The molecular formula is C14H11ClN4O. The maximum Gasteiger partial charge on any atom is 0.163 e. The molecule has 1 aromatic carbocycles. The van der Waals surface area contributed by atoms with Crippen molar-refractivity contribution in [3.05, 3.63) is 59.6 Å². The maximum atomic E-state index is 6.03. The molecule has 20 heavy (non-hydrogen) atoms. The summed E-state index contributed by atoms with van der Waals surface area (Å²) in [5.41, 5.74) is 0.915. The van der Waals surface area contributed by atoms with Crippen LogP contribution < -0.4 is 5.32 Å². The Morgan fingerprint density at radius 2 is 1.95 bits per heavy atom. The van der Waals surface area contributed by atoms with Gasteiger partial charge in [-0.1, -0.05) is 47.1 Å². The summed E-state index contributed by atoms with van der Waals surface area (Å²) in [5.74, 6) is 1.94. The van der Waals surface area contributed by atoms with Crippen molar-refractivity contribution in [1.29, 1.82) is 0 Å². The Hall–Kier alpha value is -2.40. The topological polar surface area (TPSA) is 63.8 Å². The Morgan fingerprint density at radius 1 is 1.10 bits per heavy atom. The third kappa shape index (κ3) is 2.95. The van der Waals surface area contributed by atoms with Crippen molar-refractivity contribution < 1.29 is 4.52 Å². The molecule has 5 nitrogen and oxygen atoms in total. The molecule has 2 heterocycles. The Morgan fingerprint density at radius 3 is 2.70 bits per heavy atom. The van der Waals surface area contributed by atoms with Crippen LogP contribution in [-0.4, -0.2) is 15.1 Å². The number of aromatic nitrogens is 3. The van der Waals surface area contributed by atoms with Gasteiger partial charge in [0.2, 0.25) is 0 Å². The second-order valence-electron chi connectivity index (χ2n) is 4.10. The molecule has 0 saturated heterocycles. The first kappa shape index (κ1) is 12.6. The van der Waals surface area contributed by atoms with E-state index in [1.165, 1.54) is 0 Å². The van der Waals surface area contributed by atoms with Crippen LogP contribution in [0.4, 0.5) is 5.82 Å². The lowest BCUT2D eigenvalue weighted by atomic mass is 10.2. The SMILES string of the molecule is Clc1cc(NCc2ccno2)nc(-c2ccccc2)n1. The fourth-order valence-corrected chi connectivity index (χ4v) is 1.92. The second kappa shape index (κ2) is 5.71. The third-order valence-corrected chi connectivity index (χ3v) is 2.86. The standard InChI is InChI=1S/C14H11ClN4O/c15-12-8-13(16-9-11-6-7-17-20-11)19-14(18-12)10-4-2-1-3-5-10/h1-8H,9H2,(H,16,18,19). The van der Waals surface area contributed by atoms with Crippen LogP contribution in [0, 0.1) is 0 Å². The number of benzene rings is 1. The Balaban J connectivity index is 1.83. The van der Waals surface area contributed by atoms with Crippen molar-refractivity contribution in [2.45, 2.75) is 6.54 Å². The van der Waals surface area contributed by atoms with Gasteiger partial charge in [-0.05, 0) is 0 Å². The molecule has 0 spiro atoms. The lowest BCUT2D eigenvalue weighted by Gasteiger charge is -2.06. The van der Waals surface area contributed by atoms with Gasteiger partial charge in [-0.3, -0.25) is 0 Å². The van der Waals surface area contributed by atoms with E-state index in [0.717, 1.165) is 11.3 Å². The number of anilines is 1. The lowest BCUT2D eigenvalue weighted by molar-refractivity contribution is 0.388. The van der Waals surface area contributed by atoms with Crippen LogP contribution in [-0.2, 0) is 6.54 Å². The van der Waals surface area contributed by atoms with E-state index >= 15 is 0 Å². The van der Waals surface area contributed by atoms with Crippen molar-refractivity contribution in [2.24, 2.45) is 0 Å². The molecule has 0 aliphatic carbocycles. The van der Waals surface area contributed by atoms with Crippen LogP contribution in [0.1, 0.15) is 5.76 Å².